The van der Waals surface area contributed by atoms with E-state index in [1.807, 2.05) is 20.8 Å². The average molecular weight is 214 g/mol. The standard InChI is InChI=1S/C11H22N2O2/c1-11(2,3)13-10(14)15-9-6-4-5-8(12)7-9/h8-9H,4-7,12H2,1-3H3,(H,13,14). The van der Waals surface area contributed by atoms with E-state index in [0.29, 0.717) is 0 Å². The van der Waals surface area contributed by atoms with Crippen LogP contribution in [0, 0.1) is 0 Å². The van der Waals surface area contributed by atoms with Crippen LogP contribution < -0.4 is 11.1 Å². The maximum absolute atomic E-state index is 11.5. The Kier molecular flexibility index (Phi) is 3.97. The van der Waals surface area contributed by atoms with Gasteiger partial charge >= 0.3 is 6.09 Å². The van der Waals surface area contributed by atoms with Crippen LogP contribution in [0.2, 0.25) is 0 Å². The van der Waals surface area contributed by atoms with Crippen LogP contribution in [-0.2, 0) is 4.74 Å². The van der Waals surface area contributed by atoms with Gasteiger partial charge in [-0.1, -0.05) is 0 Å². The van der Waals surface area contributed by atoms with Crippen LogP contribution in [0.15, 0.2) is 0 Å². The fourth-order valence-corrected chi connectivity index (χ4v) is 1.78. The molecule has 0 aromatic carbocycles. The molecule has 0 aromatic heterocycles. The van der Waals surface area contributed by atoms with E-state index in [1.165, 1.54) is 0 Å². The van der Waals surface area contributed by atoms with Gasteiger partial charge in [-0.25, -0.2) is 4.79 Å². The number of hydrogen-bond acceptors (Lipinski definition) is 3. The summed E-state index contributed by atoms with van der Waals surface area (Å²) >= 11 is 0. The van der Waals surface area contributed by atoms with Crippen molar-refractivity contribution in [3.05, 3.63) is 0 Å². The quantitative estimate of drug-likeness (QED) is 0.699. The van der Waals surface area contributed by atoms with Crippen LogP contribution in [0.25, 0.3) is 0 Å². The van der Waals surface area contributed by atoms with Crippen LogP contribution in [0.4, 0.5) is 4.79 Å². The SMILES string of the molecule is CC(C)(C)NC(=O)OC1CCCC(N)C1. The number of nitrogens with two attached hydrogens (primary N) is 1. The lowest BCUT2D eigenvalue weighted by Crippen LogP contribution is -2.43. The van der Waals surface area contributed by atoms with Crippen LogP contribution in [0.1, 0.15) is 46.5 Å². The van der Waals surface area contributed by atoms with Gasteiger partial charge in [0.15, 0.2) is 0 Å². The second kappa shape index (κ2) is 4.84. The molecule has 0 radical (unpaired) electrons. The molecule has 1 aliphatic carbocycles. The lowest BCUT2D eigenvalue weighted by atomic mass is 9.94. The number of nitrogens with one attached hydrogen (secondary N) is 1. The van der Waals surface area contributed by atoms with Crippen LogP contribution >= 0.6 is 0 Å². The Labute approximate surface area is 91.5 Å². The average Bonchev–Trinajstić information content (AvgIpc) is 1.99. The first-order valence-corrected chi connectivity index (χ1v) is 5.61. The fourth-order valence-electron chi connectivity index (χ4n) is 1.78. The Morgan fingerprint density at radius 1 is 1.40 bits per heavy atom. The monoisotopic (exact) mass is 214 g/mol. The minimum Gasteiger partial charge on any atom is -0.446 e. The molecule has 4 nitrogen and oxygen atoms in total. The molecule has 0 heterocycles. The zero-order chi connectivity index (χ0) is 11.5. The topological polar surface area (TPSA) is 64.3 Å². The van der Waals surface area contributed by atoms with Crippen LogP contribution in [0.5, 0.6) is 0 Å². The van der Waals surface area contributed by atoms with E-state index in [1.54, 1.807) is 0 Å². The van der Waals surface area contributed by atoms with E-state index in [9.17, 15) is 4.79 Å². The summed E-state index contributed by atoms with van der Waals surface area (Å²) < 4.78 is 5.31. The summed E-state index contributed by atoms with van der Waals surface area (Å²) in [5.74, 6) is 0. The number of ether oxygens (including phenoxy) is 1. The molecule has 2 unspecified atom stereocenters. The van der Waals surface area contributed by atoms with Crippen LogP contribution in [0.3, 0.4) is 0 Å². The van der Waals surface area contributed by atoms with E-state index in [4.69, 9.17) is 10.5 Å². The first-order chi connectivity index (χ1) is 6.87. The Morgan fingerprint density at radius 2 is 2.07 bits per heavy atom. The van der Waals surface area contributed by atoms with E-state index in [0.717, 1.165) is 25.7 Å². The Balaban J connectivity index is 2.31. The molecule has 1 rings (SSSR count). The molecule has 3 N–H and O–H groups in total. The first kappa shape index (κ1) is 12.3. The predicted molar refractivity (Wildman–Crippen MR) is 59.6 cm³/mol. The summed E-state index contributed by atoms with van der Waals surface area (Å²) in [4.78, 5) is 11.5. The lowest BCUT2D eigenvalue weighted by Gasteiger charge is -2.28. The van der Waals surface area contributed by atoms with Gasteiger partial charge in [-0.2, -0.15) is 0 Å². The molecule has 1 amide bonds. The van der Waals surface area contributed by atoms with Crippen molar-refractivity contribution >= 4 is 6.09 Å². The molecule has 88 valence electrons. The smallest absolute Gasteiger partial charge is 0.407 e. The van der Waals surface area contributed by atoms with E-state index in [-0.39, 0.29) is 23.8 Å². The molecule has 1 fully saturated rings. The molecule has 2 atom stereocenters. The summed E-state index contributed by atoms with van der Waals surface area (Å²) in [6.07, 6.45) is 3.48. The number of amides is 1. The van der Waals surface area contributed by atoms with Crippen LogP contribution in [-0.4, -0.2) is 23.8 Å². The van der Waals surface area contributed by atoms with Crippen molar-refractivity contribution in [3.8, 4) is 0 Å². The summed E-state index contributed by atoms with van der Waals surface area (Å²) in [7, 11) is 0. The lowest BCUT2D eigenvalue weighted by molar-refractivity contribution is 0.0657. The van der Waals surface area contributed by atoms with E-state index in [2.05, 4.69) is 5.32 Å². The number of carbonyl (C=O) groups is 1. The highest BCUT2D eigenvalue weighted by molar-refractivity contribution is 5.68. The minimum absolute atomic E-state index is 0.00361. The van der Waals surface area contributed by atoms with E-state index < -0.39 is 0 Å². The summed E-state index contributed by atoms with van der Waals surface area (Å²) in [5.41, 5.74) is 5.57. The number of hydrogen-bond donors (Lipinski definition) is 2. The highest BCUT2D eigenvalue weighted by Crippen LogP contribution is 2.20. The Bertz CT molecular complexity index is 223. The van der Waals surface area contributed by atoms with Gasteiger partial charge in [0.2, 0.25) is 0 Å². The molecule has 0 spiro atoms. The van der Waals surface area contributed by atoms with Gasteiger partial charge in [0.1, 0.15) is 6.10 Å². The molecule has 4 heteroatoms. The summed E-state index contributed by atoms with van der Waals surface area (Å²) in [5, 5.41) is 2.78. The highest BCUT2D eigenvalue weighted by atomic mass is 16.6. The Morgan fingerprint density at radius 3 is 2.60 bits per heavy atom. The highest BCUT2D eigenvalue weighted by Gasteiger charge is 2.24. The normalized spacial score (nSPS) is 27.2. The molecule has 0 aliphatic heterocycles. The zero-order valence-electron chi connectivity index (χ0n) is 9.88. The summed E-state index contributed by atoms with van der Waals surface area (Å²) in [6.45, 7) is 5.79. The van der Waals surface area contributed by atoms with Gasteiger partial charge in [-0.15, -0.1) is 0 Å². The van der Waals surface area contributed by atoms with Gasteiger partial charge in [0, 0.05) is 11.6 Å². The van der Waals surface area contributed by atoms with Gasteiger partial charge in [0.25, 0.3) is 0 Å². The molecule has 15 heavy (non-hydrogen) atoms. The number of carbonyl (C=O) groups excluding carboxylic acids is 1. The van der Waals surface area contributed by atoms with Gasteiger partial charge in [0.05, 0.1) is 0 Å². The molecular formula is C11H22N2O2. The summed E-state index contributed by atoms with van der Waals surface area (Å²) in [6, 6.07) is 0.186. The van der Waals surface area contributed by atoms with Gasteiger partial charge in [-0.05, 0) is 46.5 Å². The molecule has 0 aromatic rings. The van der Waals surface area contributed by atoms with E-state index >= 15 is 0 Å². The maximum atomic E-state index is 11.5. The molecule has 1 aliphatic rings. The van der Waals surface area contributed by atoms with Gasteiger partial charge < -0.3 is 15.8 Å². The van der Waals surface area contributed by atoms with Crippen molar-refractivity contribution in [2.75, 3.05) is 0 Å². The van der Waals surface area contributed by atoms with Gasteiger partial charge in [-0.3, -0.25) is 0 Å². The minimum atomic E-state index is -0.332. The third-order valence-corrected chi connectivity index (χ3v) is 2.42. The van der Waals surface area contributed by atoms with Crippen molar-refractivity contribution in [2.45, 2.75) is 64.1 Å². The molecule has 1 saturated carbocycles. The number of alkyl carbamates (subject to hydrolysis) is 1. The molecule has 0 bridgehead atoms. The fraction of sp³-hybridized carbons (Fsp3) is 0.909. The zero-order valence-corrected chi connectivity index (χ0v) is 9.88. The number of rotatable bonds is 1. The second-order valence-corrected chi connectivity index (χ2v) is 5.33. The molecular weight excluding hydrogens is 192 g/mol. The van der Waals surface area contributed by atoms with Crippen molar-refractivity contribution in [1.29, 1.82) is 0 Å². The van der Waals surface area contributed by atoms with Crippen molar-refractivity contribution in [1.82, 2.24) is 5.32 Å². The van der Waals surface area contributed by atoms with Crippen molar-refractivity contribution in [2.24, 2.45) is 5.73 Å². The first-order valence-electron chi connectivity index (χ1n) is 5.61. The second-order valence-electron chi connectivity index (χ2n) is 5.33. The molecule has 0 saturated heterocycles. The van der Waals surface area contributed by atoms with Crippen molar-refractivity contribution < 1.29 is 9.53 Å². The van der Waals surface area contributed by atoms with Crippen molar-refractivity contribution in [3.63, 3.8) is 0 Å². The third-order valence-electron chi connectivity index (χ3n) is 2.42. The Hall–Kier alpha value is -0.770. The largest absolute Gasteiger partial charge is 0.446 e. The predicted octanol–water partition coefficient (Wildman–Crippen LogP) is 1.78. The third kappa shape index (κ3) is 5.02. The maximum Gasteiger partial charge on any atom is 0.407 e.